The summed E-state index contributed by atoms with van der Waals surface area (Å²) in [5.74, 6) is -0.184. The number of aromatic nitrogens is 1. The Morgan fingerprint density at radius 1 is 1.56 bits per heavy atom. The molecule has 2 N–H and O–H groups in total. The molecule has 0 saturated carbocycles. The predicted octanol–water partition coefficient (Wildman–Crippen LogP) is -0.191. The first-order valence-electron chi connectivity index (χ1n) is 5.39. The quantitative estimate of drug-likeness (QED) is 0.690. The first-order valence-corrected chi connectivity index (χ1v) is 5.39. The number of hydrogen-bond acceptors (Lipinski definition) is 3. The largest absolute Gasteiger partial charge is 0.367 e. The SMILES string of the molecule is C[C@@H]1CNCCN1C(=O)c1c[nH]ccc1=O. The molecule has 0 unspecified atom stereocenters. The Labute approximate surface area is 93.5 Å². The molecule has 2 heterocycles. The minimum absolute atomic E-state index is 0.126. The Kier molecular flexibility index (Phi) is 3.05. The van der Waals surface area contributed by atoms with Crippen LogP contribution in [0.5, 0.6) is 0 Å². The normalized spacial score (nSPS) is 20.8. The fourth-order valence-electron chi connectivity index (χ4n) is 1.88. The highest BCUT2D eigenvalue weighted by atomic mass is 16.2. The van der Waals surface area contributed by atoms with Gasteiger partial charge in [0.1, 0.15) is 5.56 Å². The highest BCUT2D eigenvalue weighted by Gasteiger charge is 2.25. The van der Waals surface area contributed by atoms with E-state index in [0.717, 1.165) is 13.1 Å². The van der Waals surface area contributed by atoms with E-state index in [2.05, 4.69) is 10.3 Å². The van der Waals surface area contributed by atoms with Crippen LogP contribution in [0.4, 0.5) is 0 Å². The number of pyridine rings is 1. The topological polar surface area (TPSA) is 65.2 Å². The van der Waals surface area contributed by atoms with E-state index < -0.39 is 0 Å². The van der Waals surface area contributed by atoms with Gasteiger partial charge in [-0.2, -0.15) is 0 Å². The van der Waals surface area contributed by atoms with Crippen molar-refractivity contribution in [1.82, 2.24) is 15.2 Å². The van der Waals surface area contributed by atoms with E-state index in [4.69, 9.17) is 0 Å². The average molecular weight is 221 g/mol. The van der Waals surface area contributed by atoms with Gasteiger partial charge in [-0.25, -0.2) is 0 Å². The van der Waals surface area contributed by atoms with Gasteiger partial charge in [0.2, 0.25) is 0 Å². The van der Waals surface area contributed by atoms with Crippen molar-refractivity contribution in [2.24, 2.45) is 0 Å². The maximum atomic E-state index is 12.1. The van der Waals surface area contributed by atoms with Crippen LogP contribution in [0.3, 0.4) is 0 Å². The van der Waals surface area contributed by atoms with Crippen LogP contribution < -0.4 is 10.7 Å². The van der Waals surface area contributed by atoms with Gasteiger partial charge < -0.3 is 15.2 Å². The molecule has 0 aromatic carbocycles. The highest BCUT2D eigenvalue weighted by molar-refractivity contribution is 5.94. The number of amides is 1. The number of carbonyl (C=O) groups is 1. The van der Waals surface area contributed by atoms with Crippen LogP contribution >= 0.6 is 0 Å². The average Bonchev–Trinajstić information content (AvgIpc) is 2.29. The molecule has 1 aliphatic heterocycles. The Balaban J connectivity index is 2.25. The van der Waals surface area contributed by atoms with Crippen LogP contribution in [0.25, 0.3) is 0 Å². The van der Waals surface area contributed by atoms with Crippen molar-refractivity contribution in [2.45, 2.75) is 13.0 Å². The van der Waals surface area contributed by atoms with Gasteiger partial charge in [-0.05, 0) is 6.92 Å². The molecule has 0 aliphatic carbocycles. The van der Waals surface area contributed by atoms with Crippen molar-refractivity contribution >= 4 is 5.91 Å². The molecule has 1 amide bonds. The maximum absolute atomic E-state index is 12.1. The van der Waals surface area contributed by atoms with Gasteiger partial charge in [-0.15, -0.1) is 0 Å². The lowest BCUT2D eigenvalue weighted by molar-refractivity contribution is 0.0654. The van der Waals surface area contributed by atoms with Gasteiger partial charge in [0.25, 0.3) is 5.91 Å². The van der Waals surface area contributed by atoms with Gasteiger partial charge in [-0.3, -0.25) is 9.59 Å². The van der Waals surface area contributed by atoms with E-state index in [1.54, 1.807) is 4.90 Å². The number of nitrogens with zero attached hydrogens (tertiary/aromatic N) is 1. The number of rotatable bonds is 1. The summed E-state index contributed by atoms with van der Waals surface area (Å²) in [6.45, 7) is 4.17. The molecule has 0 spiro atoms. The Morgan fingerprint density at radius 3 is 3.06 bits per heavy atom. The summed E-state index contributed by atoms with van der Waals surface area (Å²) < 4.78 is 0. The first-order chi connectivity index (χ1) is 7.70. The molecule has 16 heavy (non-hydrogen) atoms. The van der Waals surface area contributed by atoms with E-state index in [1.165, 1.54) is 18.5 Å². The molecule has 1 aromatic rings. The van der Waals surface area contributed by atoms with Crippen LogP contribution in [-0.2, 0) is 0 Å². The summed E-state index contributed by atoms with van der Waals surface area (Å²) in [5.41, 5.74) is -0.00858. The maximum Gasteiger partial charge on any atom is 0.259 e. The Morgan fingerprint density at radius 2 is 2.38 bits per heavy atom. The zero-order valence-corrected chi connectivity index (χ0v) is 9.19. The molecule has 1 saturated heterocycles. The van der Waals surface area contributed by atoms with Crippen LogP contribution in [0.2, 0.25) is 0 Å². The van der Waals surface area contributed by atoms with Crippen molar-refractivity contribution in [1.29, 1.82) is 0 Å². The second-order valence-electron chi connectivity index (χ2n) is 3.97. The molecular weight excluding hydrogens is 206 g/mol. The van der Waals surface area contributed by atoms with E-state index in [1.807, 2.05) is 6.92 Å². The van der Waals surface area contributed by atoms with Gasteiger partial charge in [0, 0.05) is 44.1 Å². The fourth-order valence-corrected chi connectivity index (χ4v) is 1.88. The molecule has 1 aromatic heterocycles. The first kappa shape index (κ1) is 10.9. The number of hydrogen-bond donors (Lipinski definition) is 2. The summed E-state index contributed by atoms with van der Waals surface area (Å²) >= 11 is 0. The monoisotopic (exact) mass is 221 g/mol. The standard InChI is InChI=1S/C11H15N3O2/c1-8-6-13-4-5-14(8)11(16)9-7-12-3-2-10(9)15/h2-3,7-8,13H,4-6H2,1H3,(H,12,15)/t8-/m1/s1. The lowest BCUT2D eigenvalue weighted by atomic mass is 10.1. The molecular formula is C11H15N3O2. The number of carbonyl (C=O) groups excluding carboxylic acids is 1. The molecule has 1 atom stereocenters. The van der Waals surface area contributed by atoms with Crippen LogP contribution in [0.1, 0.15) is 17.3 Å². The fraction of sp³-hybridized carbons (Fsp3) is 0.455. The molecule has 5 heteroatoms. The lowest BCUT2D eigenvalue weighted by Gasteiger charge is -2.33. The smallest absolute Gasteiger partial charge is 0.259 e. The molecule has 1 fully saturated rings. The van der Waals surface area contributed by atoms with E-state index >= 15 is 0 Å². The minimum Gasteiger partial charge on any atom is -0.367 e. The van der Waals surface area contributed by atoms with Crippen LogP contribution in [0, 0.1) is 0 Å². The summed E-state index contributed by atoms with van der Waals surface area (Å²) in [4.78, 5) is 28.1. The van der Waals surface area contributed by atoms with Crippen molar-refractivity contribution in [3.05, 3.63) is 34.2 Å². The predicted molar refractivity (Wildman–Crippen MR) is 60.4 cm³/mol. The van der Waals surface area contributed by atoms with E-state index in [9.17, 15) is 9.59 Å². The third-order valence-electron chi connectivity index (χ3n) is 2.82. The van der Waals surface area contributed by atoms with Crippen molar-refractivity contribution in [3.8, 4) is 0 Å². The second-order valence-corrected chi connectivity index (χ2v) is 3.97. The van der Waals surface area contributed by atoms with Crippen molar-refractivity contribution < 1.29 is 4.79 Å². The lowest BCUT2D eigenvalue weighted by Crippen LogP contribution is -2.52. The van der Waals surface area contributed by atoms with Gasteiger partial charge in [0.15, 0.2) is 5.43 Å². The summed E-state index contributed by atoms with van der Waals surface area (Å²) in [6, 6.07) is 1.50. The molecule has 5 nitrogen and oxygen atoms in total. The zero-order valence-electron chi connectivity index (χ0n) is 9.19. The summed E-state index contributed by atoms with van der Waals surface area (Å²) in [5, 5.41) is 3.21. The highest BCUT2D eigenvalue weighted by Crippen LogP contribution is 2.06. The van der Waals surface area contributed by atoms with Crippen molar-refractivity contribution in [3.63, 3.8) is 0 Å². The number of H-pyrrole nitrogens is 1. The van der Waals surface area contributed by atoms with Crippen molar-refractivity contribution in [2.75, 3.05) is 19.6 Å². The van der Waals surface area contributed by atoms with Gasteiger partial charge in [0.05, 0.1) is 0 Å². The van der Waals surface area contributed by atoms with E-state index in [0.29, 0.717) is 6.54 Å². The van der Waals surface area contributed by atoms with Crippen LogP contribution in [0.15, 0.2) is 23.3 Å². The van der Waals surface area contributed by atoms with E-state index in [-0.39, 0.29) is 22.9 Å². The molecule has 0 radical (unpaired) electrons. The molecule has 0 bridgehead atoms. The molecule has 86 valence electrons. The number of piperazine rings is 1. The zero-order chi connectivity index (χ0) is 11.5. The second kappa shape index (κ2) is 4.49. The number of aromatic amines is 1. The third kappa shape index (κ3) is 1.99. The summed E-state index contributed by atoms with van der Waals surface area (Å²) in [7, 11) is 0. The van der Waals surface area contributed by atoms with Gasteiger partial charge >= 0.3 is 0 Å². The third-order valence-corrected chi connectivity index (χ3v) is 2.82. The Bertz CT molecular complexity index is 441. The number of nitrogens with one attached hydrogen (secondary N) is 2. The molecule has 1 aliphatic rings. The summed E-state index contributed by atoms with van der Waals surface area (Å²) in [6.07, 6.45) is 3.00. The van der Waals surface area contributed by atoms with Crippen LogP contribution in [-0.4, -0.2) is 41.5 Å². The van der Waals surface area contributed by atoms with Gasteiger partial charge in [-0.1, -0.05) is 0 Å². The molecule has 2 rings (SSSR count). The Hall–Kier alpha value is -1.62. The minimum atomic E-state index is -0.227.